The van der Waals surface area contributed by atoms with E-state index < -0.39 is 11.8 Å². The van der Waals surface area contributed by atoms with E-state index in [0.29, 0.717) is 5.92 Å². The van der Waals surface area contributed by atoms with Crippen LogP contribution in [0.25, 0.3) is 0 Å². The molecule has 2 aliphatic rings. The van der Waals surface area contributed by atoms with E-state index in [-0.39, 0.29) is 17.7 Å². The lowest BCUT2D eigenvalue weighted by atomic mass is 10.00. The van der Waals surface area contributed by atoms with Gasteiger partial charge in [0.25, 0.3) is 0 Å². The topological polar surface area (TPSA) is 70.0 Å². The molecule has 2 rings (SSSR count). The van der Waals surface area contributed by atoms with Gasteiger partial charge in [-0.1, -0.05) is 6.92 Å². The molecule has 80 valence electrons. The van der Waals surface area contributed by atoms with Crippen molar-refractivity contribution < 1.29 is 9.59 Å². The zero-order chi connectivity index (χ0) is 11.0. The van der Waals surface area contributed by atoms with Gasteiger partial charge in [0.1, 0.15) is 0 Å². The minimum absolute atomic E-state index is 0.0559. The number of Topliss-reactive ketones (excluding diaryl/α,β-unsaturated/α-hetero) is 1. The molecule has 0 aliphatic heterocycles. The van der Waals surface area contributed by atoms with Crippen molar-refractivity contribution in [3.63, 3.8) is 0 Å². The maximum absolute atomic E-state index is 11.7. The average Bonchev–Trinajstić information content (AvgIpc) is 3.05. The molecule has 0 aromatic heterocycles. The largest absolute Gasteiger partial charge is 0.352 e. The predicted molar refractivity (Wildman–Crippen MR) is 52.5 cm³/mol. The Balaban J connectivity index is 1.93. The van der Waals surface area contributed by atoms with E-state index in [9.17, 15) is 9.59 Å². The minimum Gasteiger partial charge on any atom is -0.352 e. The lowest BCUT2D eigenvalue weighted by Gasteiger charge is -2.07. The zero-order valence-electron chi connectivity index (χ0n) is 8.69. The molecule has 0 unspecified atom stereocenters. The van der Waals surface area contributed by atoms with Crippen LogP contribution in [0.4, 0.5) is 0 Å². The van der Waals surface area contributed by atoms with Gasteiger partial charge in [0.15, 0.2) is 11.7 Å². The van der Waals surface area contributed by atoms with Gasteiger partial charge in [-0.05, 0) is 25.2 Å². The third-order valence-electron chi connectivity index (χ3n) is 3.07. The molecule has 1 amide bonds. The SMILES string of the molecule is C[C@@H]1C[C@H]1C(=O)[C@@H](C#N)C(=O)NC1CC1. The summed E-state index contributed by atoms with van der Waals surface area (Å²) in [6.07, 6.45) is 2.77. The van der Waals surface area contributed by atoms with Gasteiger partial charge in [0.05, 0.1) is 6.07 Å². The lowest BCUT2D eigenvalue weighted by Crippen LogP contribution is -2.36. The number of nitrogens with one attached hydrogen (secondary N) is 1. The first-order valence-corrected chi connectivity index (χ1v) is 5.37. The Morgan fingerprint density at radius 1 is 1.47 bits per heavy atom. The van der Waals surface area contributed by atoms with Crippen LogP contribution in [0.3, 0.4) is 0 Å². The molecule has 0 aromatic carbocycles. The van der Waals surface area contributed by atoms with Crippen LogP contribution in [0.5, 0.6) is 0 Å². The normalized spacial score (nSPS) is 30.1. The number of nitriles is 1. The molecular weight excluding hydrogens is 192 g/mol. The van der Waals surface area contributed by atoms with Gasteiger partial charge in [0.2, 0.25) is 5.91 Å². The highest BCUT2D eigenvalue weighted by molar-refractivity contribution is 6.06. The van der Waals surface area contributed by atoms with Crippen LogP contribution in [-0.4, -0.2) is 17.7 Å². The molecule has 0 heterocycles. The quantitative estimate of drug-likeness (QED) is 0.686. The number of ketones is 1. The second-order valence-electron chi connectivity index (χ2n) is 4.57. The molecule has 0 aromatic rings. The van der Waals surface area contributed by atoms with Crippen LogP contribution >= 0.6 is 0 Å². The van der Waals surface area contributed by atoms with Gasteiger partial charge in [-0.25, -0.2) is 0 Å². The molecular formula is C11H14N2O2. The summed E-state index contributed by atoms with van der Waals surface area (Å²) in [5, 5.41) is 11.5. The number of carbonyl (C=O) groups is 2. The molecule has 15 heavy (non-hydrogen) atoms. The summed E-state index contributed by atoms with van der Waals surface area (Å²) < 4.78 is 0. The van der Waals surface area contributed by atoms with Crippen molar-refractivity contribution in [3.05, 3.63) is 0 Å². The van der Waals surface area contributed by atoms with E-state index >= 15 is 0 Å². The van der Waals surface area contributed by atoms with E-state index in [0.717, 1.165) is 19.3 Å². The first kappa shape index (κ1) is 10.2. The lowest BCUT2D eigenvalue weighted by molar-refractivity contribution is -0.132. The molecule has 1 N–H and O–H groups in total. The molecule has 0 spiro atoms. The number of rotatable bonds is 4. The maximum Gasteiger partial charge on any atom is 0.245 e. The van der Waals surface area contributed by atoms with Crippen molar-refractivity contribution in [1.29, 1.82) is 5.26 Å². The molecule has 0 radical (unpaired) electrons. The summed E-state index contributed by atoms with van der Waals surface area (Å²) in [4.78, 5) is 23.3. The Kier molecular flexibility index (Phi) is 2.47. The highest BCUT2D eigenvalue weighted by Gasteiger charge is 2.45. The summed E-state index contributed by atoms with van der Waals surface area (Å²) in [6.45, 7) is 1.97. The third-order valence-corrected chi connectivity index (χ3v) is 3.07. The highest BCUT2D eigenvalue weighted by atomic mass is 16.2. The summed E-state index contributed by atoms with van der Waals surface area (Å²) in [7, 11) is 0. The average molecular weight is 206 g/mol. The maximum atomic E-state index is 11.7. The van der Waals surface area contributed by atoms with E-state index in [1.165, 1.54) is 0 Å². The molecule has 0 bridgehead atoms. The fraction of sp³-hybridized carbons (Fsp3) is 0.727. The zero-order valence-corrected chi connectivity index (χ0v) is 8.69. The van der Waals surface area contributed by atoms with Crippen LogP contribution in [0.15, 0.2) is 0 Å². The Labute approximate surface area is 88.6 Å². The van der Waals surface area contributed by atoms with Crippen molar-refractivity contribution in [2.45, 2.75) is 32.2 Å². The Morgan fingerprint density at radius 3 is 2.47 bits per heavy atom. The molecule has 3 atom stereocenters. The van der Waals surface area contributed by atoms with Crippen LogP contribution < -0.4 is 5.32 Å². The van der Waals surface area contributed by atoms with Gasteiger partial charge < -0.3 is 5.32 Å². The summed E-state index contributed by atoms with van der Waals surface area (Å²) in [6, 6.07) is 2.02. The van der Waals surface area contributed by atoms with Gasteiger partial charge >= 0.3 is 0 Å². The second-order valence-corrected chi connectivity index (χ2v) is 4.57. The standard InChI is InChI=1S/C11H14N2O2/c1-6-4-8(6)10(14)9(5-12)11(15)13-7-2-3-7/h6-9H,2-4H2,1H3,(H,13,15)/t6-,8-,9-/m1/s1. The van der Waals surface area contributed by atoms with Gasteiger partial charge in [-0.15, -0.1) is 0 Å². The van der Waals surface area contributed by atoms with Crippen molar-refractivity contribution >= 4 is 11.7 Å². The van der Waals surface area contributed by atoms with Crippen LogP contribution in [-0.2, 0) is 9.59 Å². The first-order valence-electron chi connectivity index (χ1n) is 5.37. The van der Waals surface area contributed by atoms with Gasteiger partial charge in [-0.3, -0.25) is 9.59 Å². The smallest absolute Gasteiger partial charge is 0.245 e. The van der Waals surface area contributed by atoms with Crippen molar-refractivity contribution in [1.82, 2.24) is 5.32 Å². The van der Waals surface area contributed by atoms with Crippen LogP contribution in [0, 0.1) is 29.1 Å². The number of nitrogens with zero attached hydrogens (tertiary/aromatic N) is 1. The number of amides is 1. The molecule has 4 heteroatoms. The monoisotopic (exact) mass is 206 g/mol. The third kappa shape index (κ3) is 2.17. The van der Waals surface area contributed by atoms with Crippen molar-refractivity contribution in [2.24, 2.45) is 17.8 Å². The molecule has 0 saturated heterocycles. The molecule has 2 aliphatic carbocycles. The summed E-state index contributed by atoms with van der Waals surface area (Å²) in [5.74, 6) is -1.38. The number of hydrogen-bond donors (Lipinski definition) is 1. The highest BCUT2D eigenvalue weighted by Crippen LogP contribution is 2.40. The molecule has 2 fully saturated rings. The van der Waals surface area contributed by atoms with Crippen LogP contribution in [0.2, 0.25) is 0 Å². The van der Waals surface area contributed by atoms with Gasteiger partial charge in [0, 0.05) is 12.0 Å². The minimum atomic E-state index is -1.08. The summed E-state index contributed by atoms with van der Waals surface area (Å²) >= 11 is 0. The Hall–Kier alpha value is -1.37. The van der Waals surface area contributed by atoms with Crippen molar-refractivity contribution in [3.8, 4) is 6.07 Å². The number of carbonyl (C=O) groups excluding carboxylic acids is 2. The van der Waals surface area contributed by atoms with Gasteiger partial charge in [-0.2, -0.15) is 5.26 Å². The van der Waals surface area contributed by atoms with E-state index in [1.807, 2.05) is 13.0 Å². The Bertz CT molecular complexity index is 341. The predicted octanol–water partition coefficient (Wildman–Crippen LogP) is 0.630. The van der Waals surface area contributed by atoms with E-state index in [2.05, 4.69) is 5.32 Å². The summed E-state index contributed by atoms with van der Waals surface area (Å²) in [5.41, 5.74) is 0. The van der Waals surface area contributed by atoms with E-state index in [4.69, 9.17) is 5.26 Å². The number of hydrogen-bond acceptors (Lipinski definition) is 3. The van der Waals surface area contributed by atoms with Crippen LogP contribution in [0.1, 0.15) is 26.2 Å². The fourth-order valence-corrected chi connectivity index (χ4v) is 1.70. The Morgan fingerprint density at radius 2 is 2.07 bits per heavy atom. The van der Waals surface area contributed by atoms with E-state index in [1.54, 1.807) is 0 Å². The molecule has 2 saturated carbocycles. The van der Waals surface area contributed by atoms with Crippen molar-refractivity contribution in [2.75, 3.05) is 0 Å². The first-order chi connectivity index (χ1) is 7.13. The second kappa shape index (κ2) is 3.65. The fourth-order valence-electron chi connectivity index (χ4n) is 1.70. The molecule has 4 nitrogen and oxygen atoms in total.